The number of nitrogens with one attached hydrogen (secondary N) is 1. The lowest BCUT2D eigenvalue weighted by Gasteiger charge is -2.19. The number of carbonyl (C=O) groups is 1. The number of rotatable bonds is 7. The number of hydrogen-bond acceptors (Lipinski definition) is 4. The predicted molar refractivity (Wildman–Crippen MR) is 98.4 cm³/mol. The van der Waals surface area contributed by atoms with Gasteiger partial charge in [0.15, 0.2) is 0 Å². The zero-order valence-electron chi connectivity index (χ0n) is 15.1. The van der Waals surface area contributed by atoms with E-state index in [0.29, 0.717) is 37.4 Å². The van der Waals surface area contributed by atoms with E-state index in [-0.39, 0.29) is 17.4 Å². The van der Waals surface area contributed by atoms with Gasteiger partial charge in [0.1, 0.15) is 5.82 Å². The van der Waals surface area contributed by atoms with E-state index in [2.05, 4.69) is 10.3 Å². The highest BCUT2D eigenvalue weighted by atomic mass is 16.2. The molecule has 2 aromatic rings. The Morgan fingerprint density at radius 3 is 2.60 bits per heavy atom. The summed E-state index contributed by atoms with van der Waals surface area (Å²) in [5, 5.41) is 2.78. The van der Waals surface area contributed by atoms with Gasteiger partial charge in [-0.15, -0.1) is 0 Å². The first kappa shape index (κ1) is 18.9. The first-order chi connectivity index (χ1) is 11.9. The van der Waals surface area contributed by atoms with E-state index in [9.17, 15) is 9.59 Å². The monoisotopic (exact) mass is 342 g/mol. The molecule has 1 atom stereocenters. The van der Waals surface area contributed by atoms with E-state index in [1.807, 2.05) is 48.7 Å². The number of amides is 1. The van der Waals surface area contributed by atoms with Crippen molar-refractivity contribution in [3.8, 4) is 0 Å². The molecule has 25 heavy (non-hydrogen) atoms. The van der Waals surface area contributed by atoms with Gasteiger partial charge < -0.3 is 15.6 Å². The van der Waals surface area contributed by atoms with Crippen LogP contribution in [0.4, 0.5) is 0 Å². The maximum Gasteiger partial charge on any atom is 0.276 e. The third kappa shape index (κ3) is 4.76. The average molecular weight is 342 g/mol. The van der Waals surface area contributed by atoms with Crippen molar-refractivity contribution < 1.29 is 4.79 Å². The first-order valence-electron chi connectivity index (χ1n) is 8.52. The van der Waals surface area contributed by atoms with Crippen LogP contribution >= 0.6 is 0 Å². The fourth-order valence-corrected chi connectivity index (χ4v) is 2.68. The van der Waals surface area contributed by atoms with Crippen LogP contribution in [-0.4, -0.2) is 28.5 Å². The lowest BCUT2D eigenvalue weighted by molar-refractivity contribution is -0.124. The zero-order chi connectivity index (χ0) is 18.4. The average Bonchev–Trinajstić information content (AvgIpc) is 2.61. The Bertz CT molecular complexity index is 784. The second-order valence-electron chi connectivity index (χ2n) is 6.30. The van der Waals surface area contributed by atoms with Crippen LogP contribution in [0.5, 0.6) is 0 Å². The maximum atomic E-state index is 12.1. The van der Waals surface area contributed by atoms with Crippen molar-refractivity contribution in [1.29, 1.82) is 0 Å². The molecule has 2 rings (SSSR count). The van der Waals surface area contributed by atoms with E-state index >= 15 is 0 Å². The molecule has 6 heteroatoms. The number of nitrogens with zero attached hydrogens (tertiary/aromatic N) is 2. The Labute approximate surface area is 148 Å². The smallest absolute Gasteiger partial charge is 0.276 e. The summed E-state index contributed by atoms with van der Waals surface area (Å²) in [6.45, 7) is 7.00. The standard InChI is InChI=1S/C19H26N4O2/c1-13(18(24)21-10-9-20)11-17-22-19(25)14(2)15(3)23(17)12-16-7-5-4-6-8-16/h4-8,13H,9-12,20H2,1-3H3,(H,21,24). The minimum atomic E-state index is -0.289. The van der Waals surface area contributed by atoms with Gasteiger partial charge in [0.2, 0.25) is 5.91 Å². The molecule has 0 spiro atoms. The molecule has 1 heterocycles. The summed E-state index contributed by atoms with van der Waals surface area (Å²) in [7, 11) is 0. The number of aromatic nitrogens is 2. The molecule has 0 radical (unpaired) electrons. The first-order valence-corrected chi connectivity index (χ1v) is 8.52. The minimum absolute atomic E-state index is 0.0795. The van der Waals surface area contributed by atoms with Gasteiger partial charge in [-0.2, -0.15) is 4.98 Å². The molecule has 3 N–H and O–H groups in total. The number of nitrogens with two attached hydrogens (primary N) is 1. The topological polar surface area (TPSA) is 90.0 Å². The summed E-state index contributed by atoms with van der Waals surface area (Å²) >= 11 is 0. The van der Waals surface area contributed by atoms with E-state index in [1.54, 1.807) is 6.92 Å². The van der Waals surface area contributed by atoms with Crippen molar-refractivity contribution >= 4 is 5.91 Å². The molecule has 0 bridgehead atoms. The molecular weight excluding hydrogens is 316 g/mol. The van der Waals surface area contributed by atoms with Crippen LogP contribution in [0, 0.1) is 19.8 Å². The molecule has 0 aliphatic rings. The molecule has 0 saturated carbocycles. The maximum absolute atomic E-state index is 12.1. The highest BCUT2D eigenvalue weighted by Gasteiger charge is 2.18. The van der Waals surface area contributed by atoms with E-state index in [4.69, 9.17) is 5.73 Å². The van der Waals surface area contributed by atoms with Gasteiger partial charge in [-0.05, 0) is 19.4 Å². The van der Waals surface area contributed by atoms with Gasteiger partial charge in [0.25, 0.3) is 5.56 Å². The second kappa shape index (κ2) is 8.58. The van der Waals surface area contributed by atoms with Crippen molar-refractivity contribution in [2.45, 2.75) is 33.7 Å². The number of hydrogen-bond donors (Lipinski definition) is 2. The molecule has 1 unspecified atom stereocenters. The largest absolute Gasteiger partial charge is 0.355 e. The highest BCUT2D eigenvalue weighted by Crippen LogP contribution is 2.13. The van der Waals surface area contributed by atoms with Crippen molar-refractivity contribution in [3.63, 3.8) is 0 Å². The molecule has 0 aliphatic carbocycles. The summed E-state index contributed by atoms with van der Waals surface area (Å²) in [5.41, 5.74) is 7.84. The zero-order valence-corrected chi connectivity index (χ0v) is 15.1. The lowest BCUT2D eigenvalue weighted by Crippen LogP contribution is -2.35. The molecule has 0 saturated heterocycles. The van der Waals surface area contributed by atoms with E-state index in [1.165, 1.54) is 0 Å². The van der Waals surface area contributed by atoms with Crippen molar-refractivity contribution in [2.24, 2.45) is 11.7 Å². The quantitative estimate of drug-likeness (QED) is 0.790. The summed E-state index contributed by atoms with van der Waals surface area (Å²) in [6, 6.07) is 10.0. The van der Waals surface area contributed by atoms with Crippen LogP contribution in [0.1, 0.15) is 29.6 Å². The van der Waals surface area contributed by atoms with Gasteiger partial charge in [-0.1, -0.05) is 37.3 Å². The molecule has 6 nitrogen and oxygen atoms in total. The van der Waals surface area contributed by atoms with Gasteiger partial charge in [0.05, 0.1) is 0 Å². The molecule has 134 valence electrons. The number of carbonyl (C=O) groups excluding carboxylic acids is 1. The molecule has 0 fully saturated rings. The lowest BCUT2D eigenvalue weighted by atomic mass is 10.1. The summed E-state index contributed by atoms with van der Waals surface area (Å²) in [4.78, 5) is 28.5. The van der Waals surface area contributed by atoms with Crippen LogP contribution in [0.25, 0.3) is 0 Å². The third-order valence-corrected chi connectivity index (χ3v) is 4.37. The molecular formula is C19H26N4O2. The Hall–Kier alpha value is -2.47. The van der Waals surface area contributed by atoms with E-state index < -0.39 is 0 Å². The SMILES string of the molecule is Cc1c(C)n(Cc2ccccc2)c(CC(C)C(=O)NCCN)nc1=O. The third-order valence-electron chi connectivity index (χ3n) is 4.37. The van der Waals surface area contributed by atoms with Crippen molar-refractivity contribution in [3.05, 3.63) is 63.3 Å². The fourth-order valence-electron chi connectivity index (χ4n) is 2.68. The summed E-state index contributed by atoms with van der Waals surface area (Å²) in [6.07, 6.45) is 0.402. The van der Waals surface area contributed by atoms with Crippen LogP contribution in [0.15, 0.2) is 35.1 Å². The van der Waals surface area contributed by atoms with Crippen LogP contribution < -0.4 is 16.6 Å². The Kier molecular flexibility index (Phi) is 6.47. The van der Waals surface area contributed by atoms with Crippen LogP contribution in [0.2, 0.25) is 0 Å². The Morgan fingerprint density at radius 1 is 1.28 bits per heavy atom. The molecule has 1 amide bonds. The van der Waals surface area contributed by atoms with Gasteiger partial charge in [-0.3, -0.25) is 9.59 Å². The molecule has 1 aromatic heterocycles. The Balaban J connectivity index is 2.33. The van der Waals surface area contributed by atoms with Crippen LogP contribution in [0.3, 0.4) is 0 Å². The fraction of sp³-hybridized carbons (Fsp3) is 0.421. The predicted octanol–water partition coefficient (Wildman–Crippen LogP) is 1.16. The minimum Gasteiger partial charge on any atom is -0.355 e. The van der Waals surface area contributed by atoms with Crippen molar-refractivity contribution in [1.82, 2.24) is 14.9 Å². The number of benzene rings is 1. The van der Waals surface area contributed by atoms with Gasteiger partial charge in [-0.25, -0.2) is 0 Å². The summed E-state index contributed by atoms with van der Waals surface area (Å²) < 4.78 is 2.03. The van der Waals surface area contributed by atoms with Gasteiger partial charge >= 0.3 is 0 Å². The summed E-state index contributed by atoms with van der Waals surface area (Å²) in [5.74, 6) is 0.263. The van der Waals surface area contributed by atoms with Crippen molar-refractivity contribution in [2.75, 3.05) is 13.1 Å². The molecule has 1 aromatic carbocycles. The van der Waals surface area contributed by atoms with Gasteiger partial charge in [0, 0.05) is 43.2 Å². The molecule has 0 aliphatic heterocycles. The van der Waals surface area contributed by atoms with E-state index in [0.717, 1.165) is 11.3 Å². The van der Waals surface area contributed by atoms with Crippen LogP contribution in [-0.2, 0) is 17.8 Å². The second-order valence-corrected chi connectivity index (χ2v) is 6.30. The normalized spacial score (nSPS) is 12.0. The Morgan fingerprint density at radius 2 is 1.96 bits per heavy atom. The highest BCUT2D eigenvalue weighted by molar-refractivity contribution is 5.78.